The van der Waals surface area contributed by atoms with Crippen molar-refractivity contribution in [1.82, 2.24) is 24.2 Å². The first-order valence-corrected chi connectivity index (χ1v) is 30.7. The van der Waals surface area contributed by atoms with Crippen LogP contribution in [0, 0.1) is 0 Å². The van der Waals surface area contributed by atoms with Crippen LogP contribution in [0.25, 0.3) is 11.2 Å². The number of esters is 4. The van der Waals surface area contributed by atoms with Gasteiger partial charge in [-0.05, 0) is 80.8 Å². The van der Waals surface area contributed by atoms with Gasteiger partial charge in [-0.25, -0.2) is 24.2 Å². The van der Waals surface area contributed by atoms with Crippen molar-refractivity contribution < 1.29 is 94.4 Å². The van der Waals surface area contributed by atoms with Gasteiger partial charge in [-0.2, -0.15) is 0 Å². The molecule has 26 nitrogen and oxygen atoms in total. The fourth-order valence-corrected chi connectivity index (χ4v) is 13.2. The van der Waals surface area contributed by atoms with Gasteiger partial charge in [0.05, 0.1) is 47.0 Å². The Morgan fingerprint density at radius 1 is 0.678 bits per heavy atom. The maximum absolute atomic E-state index is 16.2. The monoisotopic (exact) mass is 1270 g/mol. The van der Waals surface area contributed by atoms with E-state index in [2.05, 4.69) is 15.0 Å². The molecule has 10 atom stereocenters. The first-order chi connectivity index (χ1) is 43.2. The van der Waals surface area contributed by atoms with E-state index in [1.165, 1.54) is 12.7 Å². The van der Waals surface area contributed by atoms with Crippen molar-refractivity contribution in [3.8, 4) is 17.2 Å². The summed E-state index contributed by atoms with van der Waals surface area (Å²) in [6.07, 6.45) is -9.66. The first kappa shape index (κ1) is 68.0. The van der Waals surface area contributed by atoms with Gasteiger partial charge < -0.3 is 62.6 Å². The number of hydrogen-bond donors (Lipinski definition) is 1. The molecule has 4 heterocycles. The lowest BCUT2D eigenvalue weighted by Crippen LogP contribution is -2.63. The fourth-order valence-electron chi connectivity index (χ4n) is 10.9. The highest BCUT2D eigenvalue weighted by atomic mass is 31.2. The largest absolute Gasteiger partial charge is 0.497 e. The molecule has 0 bridgehead atoms. The third-order valence-corrected chi connectivity index (χ3v) is 17.1. The van der Waals surface area contributed by atoms with Gasteiger partial charge in [0.2, 0.25) is 5.78 Å². The minimum Gasteiger partial charge on any atom is -0.497 e. The molecule has 90 heavy (non-hydrogen) atoms. The summed E-state index contributed by atoms with van der Waals surface area (Å²) in [6, 6.07) is 31.8. The molecule has 0 saturated carbocycles. The molecule has 4 aromatic carbocycles. The maximum atomic E-state index is 16.2. The Balaban J connectivity index is 1.14. The SMILES string of the molecule is COc1ccc(C(OC(C(=O)COc2ccccc2)[C@H]2O[C@@H](n3cnc4c(N)ncnc43)C[C@@H]2OP(=O)(OCCOCCO[C@@H]2O[C@H](COC(C)=O)[C@H](OC(C)=O)[C@H](OC(C)=O)[C@H]2OC(C)=O)N(C(C)C)C(C)C)(c2ccccc2)c2ccc(OC)cc2)cc1. The fraction of sp³-hybridized carbons (Fsp3) is 0.460. The number of anilines is 1. The van der Waals surface area contributed by atoms with Gasteiger partial charge in [0.25, 0.3) is 0 Å². The number of nitrogens with two attached hydrogens (primary N) is 1. The van der Waals surface area contributed by atoms with E-state index in [0.29, 0.717) is 39.6 Å². The number of nitrogens with zero attached hydrogens (tertiary/aromatic N) is 5. The maximum Gasteiger partial charge on any atom is 0.409 e. The summed E-state index contributed by atoms with van der Waals surface area (Å²) in [7, 11) is -1.44. The molecule has 2 saturated heterocycles. The topological polar surface area (TPSA) is 304 Å². The van der Waals surface area contributed by atoms with Crippen LogP contribution in [0.5, 0.6) is 17.2 Å². The molecule has 0 amide bonds. The average Bonchev–Trinajstić information content (AvgIpc) is 1.17. The van der Waals surface area contributed by atoms with E-state index in [-0.39, 0.29) is 44.2 Å². The number of methoxy groups -OCH3 is 2. The van der Waals surface area contributed by atoms with E-state index >= 15 is 9.36 Å². The Labute approximate surface area is 521 Å². The number of aromatic nitrogens is 4. The number of ether oxygens (including phenoxy) is 12. The van der Waals surface area contributed by atoms with Gasteiger partial charge in [-0.1, -0.05) is 72.8 Å². The van der Waals surface area contributed by atoms with Crippen molar-refractivity contribution in [2.45, 2.75) is 135 Å². The summed E-state index contributed by atoms with van der Waals surface area (Å²) in [5, 5.41) is 0. The number of hydrogen-bond acceptors (Lipinski definition) is 24. The summed E-state index contributed by atoms with van der Waals surface area (Å²) in [4.78, 5) is 77.9. The highest BCUT2D eigenvalue weighted by Gasteiger charge is 2.55. The molecular weight excluding hydrogens is 1190 g/mol. The number of carbonyl (C=O) groups is 5. The first-order valence-electron chi connectivity index (χ1n) is 29.2. The highest BCUT2D eigenvalue weighted by molar-refractivity contribution is 7.51. The second kappa shape index (κ2) is 31.2. The Morgan fingerprint density at radius 2 is 1.24 bits per heavy atom. The van der Waals surface area contributed by atoms with Crippen LogP contribution in [0.1, 0.15) is 84.7 Å². The third kappa shape index (κ3) is 16.5. The van der Waals surface area contributed by atoms with Gasteiger partial charge in [0.1, 0.15) is 72.4 Å². The van der Waals surface area contributed by atoms with Crippen molar-refractivity contribution in [3.05, 3.63) is 139 Å². The van der Waals surface area contributed by atoms with E-state index in [4.69, 9.17) is 71.6 Å². The summed E-state index contributed by atoms with van der Waals surface area (Å²) in [5.74, 6) is -2.03. The molecule has 2 unspecified atom stereocenters. The molecule has 2 N–H and O–H groups in total. The molecule has 2 aliphatic rings. The zero-order valence-corrected chi connectivity index (χ0v) is 52.7. The molecule has 2 aromatic heterocycles. The van der Waals surface area contributed by atoms with Crippen LogP contribution in [0.2, 0.25) is 0 Å². The van der Waals surface area contributed by atoms with Crippen LogP contribution in [0.4, 0.5) is 5.82 Å². The molecule has 0 aliphatic carbocycles. The Bertz CT molecular complexity index is 3340. The molecule has 2 fully saturated rings. The van der Waals surface area contributed by atoms with Gasteiger partial charge in [-0.15, -0.1) is 0 Å². The number of Topliss-reactive ketones (excluding diaryl/α,β-unsaturated/α-hetero) is 1. The highest BCUT2D eigenvalue weighted by Crippen LogP contribution is 2.58. The van der Waals surface area contributed by atoms with Crippen LogP contribution in [0.15, 0.2) is 122 Å². The van der Waals surface area contributed by atoms with Crippen molar-refractivity contribution in [3.63, 3.8) is 0 Å². The average molecular weight is 1270 g/mol. The van der Waals surface area contributed by atoms with Crippen LogP contribution in [-0.4, -0.2) is 169 Å². The summed E-state index contributed by atoms with van der Waals surface area (Å²) < 4.78 is 105. The zero-order valence-electron chi connectivity index (χ0n) is 51.8. The van der Waals surface area contributed by atoms with Crippen LogP contribution < -0.4 is 19.9 Å². The van der Waals surface area contributed by atoms with Gasteiger partial charge in [0.15, 0.2) is 42.2 Å². The number of benzene rings is 4. The van der Waals surface area contributed by atoms with Crippen LogP contribution in [-0.2, 0) is 85.8 Å². The van der Waals surface area contributed by atoms with Crippen molar-refractivity contribution in [2.75, 3.05) is 59.6 Å². The number of fused-ring (bicyclic) bond motifs is 1. The lowest BCUT2D eigenvalue weighted by atomic mass is 9.79. The molecular formula is C63H77N6O20P. The minimum atomic E-state index is -4.56. The Hall–Kier alpha value is -7.91. The second-order valence-corrected chi connectivity index (χ2v) is 23.4. The quantitative estimate of drug-likeness (QED) is 0.0145. The van der Waals surface area contributed by atoms with Crippen molar-refractivity contribution >= 4 is 54.4 Å². The number of ketones is 1. The second-order valence-electron chi connectivity index (χ2n) is 21.5. The third-order valence-electron chi connectivity index (χ3n) is 14.6. The molecule has 0 radical (unpaired) electrons. The van der Waals surface area contributed by atoms with E-state index in [9.17, 15) is 19.2 Å². The number of para-hydroxylation sites is 1. The summed E-state index contributed by atoms with van der Waals surface area (Å²) in [5.41, 5.74) is 7.06. The zero-order chi connectivity index (χ0) is 64.7. The predicted octanol–water partition coefficient (Wildman–Crippen LogP) is 7.48. The Kier molecular flexibility index (Phi) is 23.6. The molecule has 8 rings (SSSR count). The lowest BCUT2D eigenvalue weighted by molar-refractivity contribution is -0.309. The number of rotatable bonds is 31. The van der Waals surface area contributed by atoms with Crippen molar-refractivity contribution in [2.24, 2.45) is 0 Å². The van der Waals surface area contributed by atoms with E-state index in [1.807, 2.05) is 88.4 Å². The number of nitrogen functional groups attached to an aromatic ring is 1. The van der Waals surface area contributed by atoms with E-state index in [1.54, 1.807) is 72.0 Å². The number of carbonyl (C=O) groups excluding carboxylic acids is 5. The number of imidazole rings is 1. The van der Waals surface area contributed by atoms with Crippen LogP contribution >= 0.6 is 7.75 Å². The normalized spacial score (nSPS) is 21.1. The molecule has 0 spiro atoms. The molecule has 2 aliphatic heterocycles. The lowest BCUT2D eigenvalue weighted by Gasteiger charge is -2.44. The molecule has 484 valence electrons. The Morgan fingerprint density at radius 3 is 1.82 bits per heavy atom. The van der Waals surface area contributed by atoms with Crippen molar-refractivity contribution in [1.29, 1.82) is 0 Å². The molecule has 27 heteroatoms. The standard InChI is InChI=1S/C63H77N6O20P/c1-38(2)69(39(3)4)90(75,82-32-30-78-29-31-79-62-59(85-43(8)73)58(84-42(7)72)57(83-41(6)71)52(86-62)35-80-40(5)70)89-51-33-53(68-37-67-54-60(64)65-36-66-61(54)68)87-56(51)55(50(74)34-81-49-19-15-12-16-20-49)88-63(44-17-13-11-14-18-44,45-21-25-47(76-9)26-22-45)46-23-27-48(77-10)28-24-46/h11-28,36-39,51-53,55-59,62H,29-35H2,1-10H3,(H2,64,65,66)/t51-,52+,53+,55?,56-,57-,58-,59+,62+,90?/m0/s1. The van der Waals surface area contributed by atoms with E-state index in [0.717, 1.165) is 27.7 Å². The predicted molar refractivity (Wildman–Crippen MR) is 322 cm³/mol. The molecule has 6 aromatic rings. The van der Waals surface area contributed by atoms with Gasteiger partial charge >= 0.3 is 31.6 Å². The van der Waals surface area contributed by atoms with E-state index < -0.39 is 124 Å². The summed E-state index contributed by atoms with van der Waals surface area (Å²) >= 11 is 0. The summed E-state index contributed by atoms with van der Waals surface area (Å²) in [6.45, 7) is 9.94. The van der Waals surface area contributed by atoms with Crippen LogP contribution in [0.3, 0.4) is 0 Å². The smallest absolute Gasteiger partial charge is 0.409 e. The minimum absolute atomic E-state index is 0.0827. The van der Waals surface area contributed by atoms with Gasteiger partial charge in [0, 0.05) is 46.2 Å². The van der Waals surface area contributed by atoms with Gasteiger partial charge in [-0.3, -0.25) is 37.6 Å².